The second-order valence-electron chi connectivity index (χ2n) is 5.06. The van der Waals surface area contributed by atoms with Crippen LogP contribution in [0.15, 0.2) is 42.5 Å². The molecule has 0 bridgehead atoms. The molecular weight excluding hydrogens is 234 g/mol. The molecule has 94 valence electrons. The molecule has 0 aliphatic heterocycles. The molecule has 0 spiro atoms. The van der Waals surface area contributed by atoms with Gasteiger partial charge >= 0.3 is 0 Å². The standard InChI is InChI=1S/C17H15NO/c18-11-14-10-13(8-9-17(14)19)16-7-2-1-6-15(16)12-4-3-5-12/h1-2,6-10,12,19H,3-5H2. The molecule has 0 atom stereocenters. The van der Waals surface area contributed by atoms with Crippen LogP contribution in [0, 0.1) is 11.3 Å². The SMILES string of the molecule is N#Cc1cc(-c2ccccc2C2CCC2)ccc1O. The van der Waals surface area contributed by atoms with E-state index in [-0.39, 0.29) is 5.75 Å². The molecule has 0 amide bonds. The van der Waals surface area contributed by atoms with Gasteiger partial charge in [-0.2, -0.15) is 5.26 Å². The molecule has 2 aromatic rings. The first-order chi connectivity index (χ1) is 9.29. The van der Waals surface area contributed by atoms with E-state index in [0.29, 0.717) is 11.5 Å². The van der Waals surface area contributed by atoms with Crippen molar-refractivity contribution in [2.75, 3.05) is 0 Å². The molecule has 2 heteroatoms. The lowest BCUT2D eigenvalue weighted by Gasteiger charge is -2.28. The second kappa shape index (κ2) is 4.78. The van der Waals surface area contributed by atoms with Gasteiger partial charge in [-0.3, -0.25) is 0 Å². The molecule has 2 nitrogen and oxygen atoms in total. The van der Waals surface area contributed by atoms with Crippen LogP contribution in [0.5, 0.6) is 5.75 Å². The fourth-order valence-electron chi connectivity index (χ4n) is 2.63. The van der Waals surface area contributed by atoms with Gasteiger partial charge in [0.25, 0.3) is 0 Å². The van der Waals surface area contributed by atoms with Crippen LogP contribution < -0.4 is 0 Å². The molecule has 1 saturated carbocycles. The van der Waals surface area contributed by atoms with Crippen molar-refractivity contribution in [1.29, 1.82) is 5.26 Å². The lowest BCUT2D eigenvalue weighted by Crippen LogP contribution is -2.09. The van der Waals surface area contributed by atoms with Gasteiger partial charge < -0.3 is 5.11 Å². The van der Waals surface area contributed by atoms with E-state index < -0.39 is 0 Å². The molecule has 0 aromatic heterocycles. The molecule has 0 saturated heterocycles. The highest BCUT2D eigenvalue weighted by Gasteiger charge is 2.22. The zero-order valence-electron chi connectivity index (χ0n) is 10.6. The molecule has 1 aliphatic rings. The fourth-order valence-corrected chi connectivity index (χ4v) is 2.63. The van der Waals surface area contributed by atoms with E-state index in [1.807, 2.05) is 18.2 Å². The highest BCUT2D eigenvalue weighted by Crippen LogP contribution is 2.41. The minimum Gasteiger partial charge on any atom is -0.507 e. The monoisotopic (exact) mass is 249 g/mol. The van der Waals surface area contributed by atoms with Crippen molar-refractivity contribution in [2.24, 2.45) is 0 Å². The van der Waals surface area contributed by atoms with E-state index in [9.17, 15) is 5.11 Å². The van der Waals surface area contributed by atoms with Gasteiger partial charge in [0.15, 0.2) is 0 Å². The second-order valence-corrected chi connectivity index (χ2v) is 5.06. The number of benzene rings is 2. The van der Waals surface area contributed by atoms with Crippen LogP contribution in [-0.4, -0.2) is 5.11 Å². The summed E-state index contributed by atoms with van der Waals surface area (Å²) in [5.74, 6) is 0.697. The molecule has 1 N–H and O–H groups in total. The first-order valence-electron chi connectivity index (χ1n) is 6.62. The van der Waals surface area contributed by atoms with Gasteiger partial charge in [0, 0.05) is 0 Å². The average molecular weight is 249 g/mol. The van der Waals surface area contributed by atoms with Gasteiger partial charge in [-0.05, 0) is 47.6 Å². The van der Waals surface area contributed by atoms with Gasteiger partial charge in [-0.25, -0.2) is 0 Å². The van der Waals surface area contributed by atoms with Crippen molar-refractivity contribution in [3.05, 3.63) is 53.6 Å². The third kappa shape index (κ3) is 2.08. The Balaban J connectivity index is 2.09. The van der Waals surface area contributed by atoms with Crippen LogP contribution in [-0.2, 0) is 0 Å². The maximum absolute atomic E-state index is 9.60. The third-order valence-corrected chi connectivity index (χ3v) is 3.93. The topological polar surface area (TPSA) is 44.0 Å². The van der Waals surface area contributed by atoms with E-state index in [4.69, 9.17) is 5.26 Å². The Hall–Kier alpha value is -2.27. The van der Waals surface area contributed by atoms with Crippen molar-refractivity contribution in [3.63, 3.8) is 0 Å². The van der Waals surface area contributed by atoms with Crippen LogP contribution in [0.2, 0.25) is 0 Å². The Morgan fingerprint density at radius 2 is 1.89 bits per heavy atom. The molecule has 0 unspecified atom stereocenters. The van der Waals surface area contributed by atoms with E-state index in [0.717, 1.165) is 5.56 Å². The highest BCUT2D eigenvalue weighted by molar-refractivity contribution is 5.71. The fraction of sp³-hybridized carbons (Fsp3) is 0.235. The number of aromatic hydroxyl groups is 1. The number of hydrogen-bond donors (Lipinski definition) is 1. The smallest absolute Gasteiger partial charge is 0.133 e. The number of nitriles is 1. The normalized spacial score (nSPS) is 14.7. The van der Waals surface area contributed by atoms with Crippen molar-refractivity contribution in [3.8, 4) is 22.9 Å². The summed E-state index contributed by atoms with van der Waals surface area (Å²) in [5, 5.41) is 18.6. The zero-order chi connectivity index (χ0) is 13.2. The molecule has 1 aliphatic carbocycles. The molecule has 1 fully saturated rings. The number of hydrogen-bond acceptors (Lipinski definition) is 2. The Morgan fingerprint density at radius 1 is 1.11 bits per heavy atom. The summed E-state index contributed by atoms with van der Waals surface area (Å²) >= 11 is 0. The Kier molecular flexibility index (Phi) is 2.97. The minimum absolute atomic E-state index is 0.0485. The summed E-state index contributed by atoms with van der Waals surface area (Å²) in [7, 11) is 0. The van der Waals surface area contributed by atoms with Crippen molar-refractivity contribution < 1.29 is 5.11 Å². The summed E-state index contributed by atoms with van der Waals surface area (Å²) in [6.07, 6.45) is 3.80. The third-order valence-electron chi connectivity index (χ3n) is 3.93. The van der Waals surface area contributed by atoms with Gasteiger partial charge in [0.1, 0.15) is 11.8 Å². The molecule has 19 heavy (non-hydrogen) atoms. The first kappa shape index (κ1) is 11.8. The Morgan fingerprint density at radius 3 is 2.58 bits per heavy atom. The van der Waals surface area contributed by atoms with E-state index in [1.54, 1.807) is 12.1 Å². The number of rotatable bonds is 2. The molecule has 0 radical (unpaired) electrons. The minimum atomic E-state index is 0.0485. The summed E-state index contributed by atoms with van der Waals surface area (Å²) in [5.41, 5.74) is 3.89. The lowest BCUT2D eigenvalue weighted by atomic mass is 9.77. The van der Waals surface area contributed by atoms with Gasteiger partial charge in [-0.1, -0.05) is 36.8 Å². The Bertz CT molecular complexity index is 651. The zero-order valence-corrected chi connectivity index (χ0v) is 10.6. The Labute approximate surface area is 112 Å². The average Bonchev–Trinajstić information content (AvgIpc) is 2.38. The van der Waals surface area contributed by atoms with E-state index in [1.165, 1.54) is 30.4 Å². The maximum atomic E-state index is 9.60. The predicted octanol–water partition coefficient (Wildman–Crippen LogP) is 4.20. The van der Waals surface area contributed by atoms with Crippen molar-refractivity contribution in [1.82, 2.24) is 0 Å². The quantitative estimate of drug-likeness (QED) is 0.866. The lowest BCUT2D eigenvalue weighted by molar-refractivity contribution is 0.420. The van der Waals surface area contributed by atoms with Gasteiger partial charge in [-0.15, -0.1) is 0 Å². The van der Waals surface area contributed by atoms with Gasteiger partial charge in [0.05, 0.1) is 5.56 Å². The first-order valence-corrected chi connectivity index (χ1v) is 6.62. The summed E-state index contributed by atoms with van der Waals surface area (Å²) in [6.45, 7) is 0. The van der Waals surface area contributed by atoms with E-state index >= 15 is 0 Å². The van der Waals surface area contributed by atoms with Crippen LogP contribution >= 0.6 is 0 Å². The molecular formula is C17H15NO. The number of phenols is 1. The maximum Gasteiger partial charge on any atom is 0.133 e. The van der Waals surface area contributed by atoms with Crippen LogP contribution in [0.1, 0.15) is 36.3 Å². The van der Waals surface area contributed by atoms with Crippen LogP contribution in [0.25, 0.3) is 11.1 Å². The van der Waals surface area contributed by atoms with Crippen LogP contribution in [0.4, 0.5) is 0 Å². The van der Waals surface area contributed by atoms with Crippen molar-refractivity contribution >= 4 is 0 Å². The number of nitrogens with zero attached hydrogens (tertiary/aromatic N) is 1. The summed E-state index contributed by atoms with van der Waals surface area (Å²) in [4.78, 5) is 0. The van der Waals surface area contributed by atoms with Crippen molar-refractivity contribution in [2.45, 2.75) is 25.2 Å². The summed E-state index contributed by atoms with van der Waals surface area (Å²) < 4.78 is 0. The molecule has 2 aromatic carbocycles. The van der Waals surface area contributed by atoms with Gasteiger partial charge in [0.2, 0.25) is 0 Å². The largest absolute Gasteiger partial charge is 0.507 e. The highest BCUT2D eigenvalue weighted by atomic mass is 16.3. The summed E-state index contributed by atoms with van der Waals surface area (Å²) in [6, 6.07) is 15.7. The van der Waals surface area contributed by atoms with E-state index in [2.05, 4.69) is 18.2 Å². The molecule has 0 heterocycles. The molecule has 3 rings (SSSR count). The predicted molar refractivity (Wildman–Crippen MR) is 74.8 cm³/mol. The number of phenolic OH excluding ortho intramolecular Hbond substituents is 1. The van der Waals surface area contributed by atoms with Crippen LogP contribution in [0.3, 0.4) is 0 Å².